The Labute approximate surface area is 82.0 Å². The predicted octanol–water partition coefficient (Wildman–Crippen LogP) is 0.687. The average molecular weight is 177 g/mol. The number of aryl methyl sites for hydroxylation is 2. The first-order chi connectivity index (χ1) is 6.25. The van der Waals surface area contributed by atoms with E-state index < -0.39 is 0 Å². The molecule has 0 atom stereocenters. The maximum atomic E-state index is 5.84. The van der Waals surface area contributed by atoms with Gasteiger partial charge in [-0.05, 0) is 12.8 Å². The van der Waals surface area contributed by atoms with Crippen LogP contribution < -0.4 is 10.3 Å². The summed E-state index contributed by atoms with van der Waals surface area (Å²) in [6.07, 6.45) is 9.18. The highest BCUT2D eigenvalue weighted by Crippen LogP contribution is 2.00. The number of nitrogens with zero attached hydrogens (tertiary/aromatic N) is 2. The van der Waals surface area contributed by atoms with Crippen molar-refractivity contribution < 1.29 is 4.57 Å². The summed E-state index contributed by atoms with van der Waals surface area (Å²) in [5.41, 5.74) is 0.844. The molecule has 0 aliphatic rings. The molecule has 13 heavy (non-hydrogen) atoms. The molecule has 0 spiro atoms. The Bertz CT molecular complexity index is 255. The van der Waals surface area contributed by atoms with Gasteiger partial charge in [-0.25, -0.2) is 9.13 Å². The van der Waals surface area contributed by atoms with E-state index in [2.05, 4.69) is 11.5 Å². The first-order valence-electron chi connectivity index (χ1n) is 5.06. The van der Waals surface area contributed by atoms with Gasteiger partial charge in [-0.1, -0.05) is 19.8 Å². The molecule has 2 radical (unpaired) electrons. The van der Waals surface area contributed by atoms with Gasteiger partial charge >= 0.3 is 0 Å². The fourth-order valence-electron chi connectivity index (χ4n) is 1.43. The fraction of sp³-hybridized carbons (Fsp3) is 0.700. The van der Waals surface area contributed by atoms with Gasteiger partial charge < -0.3 is 0 Å². The summed E-state index contributed by atoms with van der Waals surface area (Å²) in [7, 11) is 7.81. The van der Waals surface area contributed by atoms with Gasteiger partial charge in [0.15, 0.2) is 5.72 Å². The standard InChI is InChI=1S/C10H18BN2/c1-3-4-5-6-7-13-9-8-12(2)10(13)11/h8-9H,3-7H2,1-2H3/q+1. The van der Waals surface area contributed by atoms with Crippen molar-refractivity contribution in [3.05, 3.63) is 12.4 Å². The Kier molecular flexibility index (Phi) is 4.06. The minimum atomic E-state index is 0.844. The normalized spacial score (nSPS) is 10.6. The summed E-state index contributed by atoms with van der Waals surface area (Å²) in [6.45, 7) is 3.27. The van der Waals surface area contributed by atoms with Crippen molar-refractivity contribution in [3.63, 3.8) is 0 Å². The van der Waals surface area contributed by atoms with Crippen molar-refractivity contribution in [1.82, 2.24) is 4.57 Å². The van der Waals surface area contributed by atoms with Crippen molar-refractivity contribution in [3.8, 4) is 0 Å². The van der Waals surface area contributed by atoms with Crippen LogP contribution in [-0.2, 0) is 13.6 Å². The van der Waals surface area contributed by atoms with Crippen LogP contribution >= 0.6 is 0 Å². The Morgan fingerprint density at radius 3 is 2.69 bits per heavy atom. The lowest BCUT2D eigenvalue weighted by molar-refractivity contribution is -0.652. The van der Waals surface area contributed by atoms with Crippen LogP contribution in [0.4, 0.5) is 0 Å². The van der Waals surface area contributed by atoms with Crippen molar-refractivity contribution in [2.24, 2.45) is 7.05 Å². The van der Waals surface area contributed by atoms with E-state index in [4.69, 9.17) is 7.85 Å². The highest BCUT2D eigenvalue weighted by atomic mass is 15.1. The van der Waals surface area contributed by atoms with Crippen molar-refractivity contribution in [1.29, 1.82) is 0 Å². The molecule has 70 valence electrons. The molecule has 0 saturated heterocycles. The number of hydrogen-bond acceptors (Lipinski definition) is 0. The molecule has 1 heterocycles. The summed E-state index contributed by atoms with van der Waals surface area (Å²) in [5, 5.41) is 0. The maximum absolute atomic E-state index is 5.84. The lowest BCUT2D eigenvalue weighted by atomic mass is 10.1. The van der Waals surface area contributed by atoms with Crippen LogP contribution in [0.15, 0.2) is 12.4 Å². The van der Waals surface area contributed by atoms with Gasteiger partial charge in [0, 0.05) is 0 Å². The minimum Gasteiger partial charge on any atom is -0.248 e. The van der Waals surface area contributed by atoms with E-state index in [1.54, 1.807) is 0 Å². The summed E-state index contributed by atoms with van der Waals surface area (Å²) in [6, 6.07) is 0. The quantitative estimate of drug-likeness (QED) is 0.355. The van der Waals surface area contributed by atoms with Crippen LogP contribution in [-0.4, -0.2) is 12.4 Å². The molecular formula is C10H18BN2+. The Hall–Kier alpha value is -0.725. The number of rotatable bonds is 5. The van der Waals surface area contributed by atoms with E-state index in [9.17, 15) is 0 Å². The largest absolute Gasteiger partial charge is 0.248 e. The van der Waals surface area contributed by atoms with Crippen molar-refractivity contribution >= 4 is 13.6 Å². The molecule has 0 bridgehead atoms. The number of aromatic nitrogens is 2. The van der Waals surface area contributed by atoms with E-state index in [0.717, 1.165) is 12.3 Å². The molecule has 3 heteroatoms. The van der Waals surface area contributed by atoms with Gasteiger partial charge in [-0.3, -0.25) is 0 Å². The van der Waals surface area contributed by atoms with Crippen molar-refractivity contribution in [2.75, 3.05) is 0 Å². The van der Waals surface area contributed by atoms with E-state index in [0.29, 0.717) is 0 Å². The first-order valence-corrected chi connectivity index (χ1v) is 5.06. The van der Waals surface area contributed by atoms with Gasteiger partial charge in [-0.15, -0.1) is 0 Å². The van der Waals surface area contributed by atoms with Crippen LogP contribution in [0.25, 0.3) is 0 Å². The van der Waals surface area contributed by atoms with Gasteiger partial charge in [-0.2, -0.15) is 0 Å². The molecule has 1 aromatic heterocycles. The molecule has 0 unspecified atom stereocenters. The van der Waals surface area contributed by atoms with Crippen molar-refractivity contribution in [2.45, 2.75) is 39.2 Å². The van der Waals surface area contributed by atoms with Crippen LogP contribution in [0.5, 0.6) is 0 Å². The lowest BCUT2D eigenvalue weighted by Gasteiger charge is -1.99. The molecule has 1 rings (SSSR count). The summed E-state index contributed by atoms with van der Waals surface area (Å²) < 4.78 is 4.05. The predicted molar refractivity (Wildman–Crippen MR) is 55.1 cm³/mol. The van der Waals surface area contributed by atoms with E-state index in [-0.39, 0.29) is 0 Å². The maximum Gasteiger partial charge on any atom is 0.239 e. The summed E-state index contributed by atoms with van der Waals surface area (Å²) in [5.74, 6) is 0. The van der Waals surface area contributed by atoms with Crippen LogP contribution in [0.2, 0.25) is 0 Å². The fourth-order valence-corrected chi connectivity index (χ4v) is 1.43. The molecule has 0 saturated carbocycles. The second kappa shape index (κ2) is 5.10. The molecule has 1 aromatic rings. The third-order valence-corrected chi connectivity index (χ3v) is 2.38. The third-order valence-electron chi connectivity index (χ3n) is 2.38. The Morgan fingerprint density at radius 1 is 1.38 bits per heavy atom. The van der Waals surface area contributed by atoms with Gasteiger partial charge in [0.1, 0.15) is 12.4 Å². The molecule has 0 fully saturated rings. The second-order valence-corrected chi connectivity index (χ2v) is 3.52. The number of unbranched alkanes of at least 4 members (excludes halogenated alkanes) is 3. The third kappa shape index (κ3) is 2.90. The van der Waals surface area contributed by atoms with Gasteiger partial charge in [0.2, 0.25) is 7.85 Å². The monoisotopic (exact) mass is 177 g/mol. The zero-order valence-corrected chi connectivity index (χ0v) is 8.66. The van der Waals surface area contributed by atoms with Gasteiger partial charge in [0.25, 0.3) is 0 Å². The Balaban J connectivity index is 2.32. The first kappa shape index (κ1) is 10.4. The molecule has 0 N–H and O–H groups in total. The van der Waals surface area contributed by atoms with Crippen LogP contribution in [0, 0.1) is 0 Å². The molecule has 2 nitrogen and oxygen atoms in total. The topological polar surface area (TPSA) is 8.81 Å². The van der Waals surface area contributed by atoms with Gasteiger partial charge in [0.05, 0.1) is 13.6 Å². The molecule has 0 aromatic carbocycles. The van der Waals surface area contributed by atoms with E-state index in [1.165, 1.54) is 25.7 Å². The number of hydrogen-bond donors (Lipinski definition) is 0. The zero-order chi connectivity index (χ0) is 9.68. The highest BCUT2D eigenvalue weighted by Gasteiger charge is 2.06. The van der Waals surface area contributed by atoms with Crippen LogP contribution in [0.1, 0.15) is 32.6 Å². The smallest absolute Gasteiger partial charge is 0.239 e. The summed E-state index contributed by atoms with van der Waals surface area (Å²) >= 11 is 0. The average Bonchev–Trinajstić information content (AvgIpc) is 2.43. The SMILES string of the molecule is [B]c1n(CCCCCC)cc[n+]1C. The summed E-state index contributed by atoms with van der Waals surface area (Å²) in [4.78, 5) is 0. The molecular weight excluding hydrogens is 159 g/mol. The molecule has 0 amide bonds. The Morgan fingerprint density at radius 2 is 2.15 bits per heavy atom. The highest BCUT2D eigenvalue weighted by molar-refractivity contribution is 6.27. The second-order valence-electron chi connectivity index (χ2n) is 3.52. The van der Waals surface area contributed by atoms with Crippen LogP contribution in [0.3, 0.4) is 0 Å². The van der Waals surface area contributed by atoms with E-state index in [1.807, 2.05) is 24.0 Å². The zero-order valence-electron chi connectivity index (χ0n) is 8.66. The minimum absolute atomic E-state index is 0.844. The van der Waals surface area contributed by atoms with E-state index >= 15 is 0 Å². The molecule has 0 aliphatic carbocycles. The molecule has 0 aliphatic heterocycles. The number of imidazole rings is 1. The lowest BCUT2D eigenvalue weighted by Crippen LogP contribution is -2.46.